The van der Waals surface area contributed by atoms with Crippen LogP contribution in [0.15, 0.2) is 0 Å². The molecule has 0 amide bonds. The summed E-state index contributed by atoms with van der Waals surface area (Å²) in [5.74, 6) is -0.983. The highest BCUT2D eigenvalue weighted by Crippen LogP contribution is 2.24. The highest BCUT2D eigenvalue weighted by molar-refractivity contribution is 5.71. The fourth-order valence-electron chi connectivity index (χ4n) is 2.55. The molecule has 82 valence electrons. The first-order chi connectivity index (χ1) is 6.27. The molecule has 0 bridgehead atoms. The topological polar surface area (TPSA) is 46.6 Å². The van der Waals surface area contributed by atoms with E-state index in [-0.39, 0.29) is 6.29 Å². The number of rotatable bonds is 2. The number of carbonyl (C=O) groups is 1. The van der Waals surface area contributed by atoms with Crippen molar-refractivity contribution in [3.05, 3.63) is 0 Å². The first-order valence-corrected chi connectivity index (χ1v) is 4.69. The van der Waals surface area contributed by atoms with Gasteiger partial charge in [0.15, 0.2) is 0 Å². The Labute approximate surface area is 85.1 Å². The molecule has 0 N–H and O–H groups in total. The minimum Gasteiger partial charge on any atom is -0.548 e. The molecule has 0 spiro atoms. The molecule has 5 nitrogen and oxygen atoms in total. The number of nitrogens with zero attached hydrogens (tertiary/aromatic N) is 3. The summed E-state index contributed by atoms with van der Waals surface area (Å²) < 4.78 is 0.655. The van der Waals surface area contributed by atoms with Gasteiger partial charge in [-0.3, -0.25) is 4.48 Å². The number of aliphatic carboxylic acids is 1. The van der Waals surface area contributed by atoms with E-state index in [1.54, 1.807) is 0 Å². The van der Waals surface area contributed by atoms with E-state index in [1.807, 2.05) is 45.0 Å². The molecule has 0 aliphatic carbocycles. The summed E-state index contributed by atoms with van der Waals surface area (Å²) in [6, 6.07) is -0.489. The Morgan fingerprint density at radius 3 is 2.21 bits per heavy atom. The van der Waals surface area contributed by atoms with E-state index < -0.39 is 12.0 Å². The van der Waals surface area contributed by atoms with Crippen LogP contribution >= 0.6 is 0 Å². The predicted octanol–water partition coefficient (Wildman–Crippen LogP) is -2.03. The zero-order chi connectivity index (χ0) is 11.1. The number of carboxylic acids is 1. The average Bonchev–Trinajstić information content (AvgIpc) is 2.20. The van der Waals surface area contributed by atoms with Crippen LogP contribution in [0.1, 0.15) is 0 Å². The number of likely N-dealkylation sites (N-methyl/N-ethyl adjacent to an activating group) is 2. The average molecular weight is 201 g/mol. The second-order valence-corrected chi connectivity index (χ2v) is 4.77. The van der Waals surface area contributed by atoms with E-state index in [0.29, 0.717) is 11.0 Å². The van der Waals surface area contributed by atoms with Crippen molar-refractivity contribution in [3.8, 4) is 0 Å². The van der Waals surface area contributed by atoms with Gasteiger partial charge in [-0.05, 0) is 21.1 Å². The van der Waals surface area contributed by atoms with Gasteiger partial charge in [0.2, 0.25) is 6.29 Å². The molecular weight excluding hydrogens is 182 g/mol. The second-order valence-electron chi connectivity index (χ2n) is 4.77. The number of quaternary nitrogens is 1. The highest BCUT2D eigenvalue weighted by Gasteiger charge is 2.47. The summed E-state index contributed by atoms with van der Waals surface area (Å²) in [6.45, 7) is 0.585. The lowest BCUT2D eigenvalue weighted by molar-refractivity contribution is -0.919. The van der Waals surface area contributed by atoms with Crippen LogP contribution in [0.4, 0.5) is 0 Å². The summed E-state index contributed by atoms with van der Waals surface area (Å²) in [7, 11) is 9.81. The minimum atomic E-state index is -0.983. The standard InChI is InChI=1S/C9H19N3O2/c1-10(2)9-11(3)7(8(13)14)6-12(9,4)5/h7,9H,6H2,1-5H3. The van der Waals surface area contributed by atoms with Crippen molar-refractivity contribution in [1.29, 1.82) is 0 Å². The van der Waals surface area contributed by atoms with Gasteiger partial charge in [0, 0.05) is 0 Å². The molecule has 0 aromatic heterocycles. The van der Waals surface area contributed by atoms with E-state index in [4.69, 9.17) is 0 Å². The molecule has 1 rings (SSSR count). The number of carboxylic acid groups (broad SMARTS) is 1. The third kappa shape index (κ3) is 1.75. The van der Waals surface area contributed by atoms with Crippen LogP contribution in [-0.4, -0.2) is 74.4 Å². The van der Waals surface area contributed by atoms with Crippen molar-refractivity contribution >= 4 is 5.97 Å². The maximum atomic E-state index is 10.9. The lowest BCUT2D eigenvalue weighted by Crippen LogP contribution is -2.56. The molecule has 1 saturated heterocycles. The second kappa shape index (κ2) is 3.49. The molecule has 0 aromatic carbocycles. The molecule has 1 aliphatic rings. The highest BCUT2D eigenvalue weighted by atomic mass is 16.4. The Morgan fingerprint density at radius 1 is 1.50 bits per heavy atom. The largest absolute Gasteiger partial charge is 0.548 e. The van der Waals surface area contributed by atoms with Gasteiger partial charge in [0.1, 0.15) is 12.6 Å². The van der Waals surface area contributed by atoms with Gasteiger partial charge in [0.05, 0.1) is 20.1 Å². The molecule has 5 heteroatoms. The van der Waals surface area contributed by atoms with E-state index >= 15 is 0 Å². The third-order valence-corrected chi connectivity index (χ3v) is 2.86. The molecule has 0 aromatic rings. The summed E-state index contributed by atoms with van der Waals surface area (Å²) in [6.07, 6.45) is 0.0953. The lowest BCUT2D eigenvalue weighted by Gasteiger charge is -2.37. The van der Waals surface area contributed by atoms with Crippen molar-refractivity contribution in [1.82, 2.24) is 9.80 Å². The van der Waals surface area contributed by atoms with Crippen molar-refractivity contribution < 1.29 is 14.4 Å². The van der Waals surface area contributed by atoms with Gasteiger partial charge in [-0.1, -0.05) is 0 Å². The lowest BCUT2D eigenvalue weighted by atomic mass is 10.3. The molecule has 2 atom stereocenters. The van der Waals surface area contributed by atoms with Crippen LogP contribution in [0, 0.1) is 0 Å². The number of hydrogen-bond donors (Lipinski definition) is 0. The van der Waals surface area contributed by atoms with Crippen LogP contribution in [0.25, 0.3) is 0 Å². The molecule has 1 fully saturated rings. The van der Waals surface area contributed by atoms with Crippen LogP contribution in [0.3, 0.4) is 0 Å². The fourth-order valence-corrected chi connectivity index (χ4v) is 2.55. The Bertz CT molecular complexity index is 240. The van der Waals surface area contributed by atoms with Gasteiger partial charge < -0.3 is 9.90 Å². The van der Waals surface area contributed by atoms with E-state index in [2.05, 4.69) is 0 Å². The molecular formula is C9H19N3O2. The normalized spacial score (nSPS) is 32.4. The number of carbonyl (C=O) groups excluding carboxylic acids is 1. The Hall–Kier alpha value is -0.650. The Morgan fingerprint density at radius 2 is 2.00 bits per heavy atom. The summed E-state index contributed by atoms with van der Waals surface area (Å²) in [5, 5.41) is 10.9. The smallest absolute Gasteiger partial charge is 0.204 e. The first-order valence-electron chi connectivity index (χ1n) is 4.69. The molecule has 2 unspecified atom stereocenters. The Balaban J connectivity index is 2.91. The SMILES string of the molecule is CN(C)C1N(C)C(C(=O)[O-])C[N+]1(C)C. The predicted molar refractivity (Wildman–Crippen MR) is 51.0 cm³/mol. The monoisotopic (exact) mass is 201 g/mol. The molecule has 0 saturated carbocycles. The van der Waals surface area contributed by atoms with E-state index in [9.17, 15) is 9.90 Å². The molecule has 1 heterocycles. The van der Waals surface area contributed by atoms with Crippen molar-refractivity contribution in [2.75, 3.05) is 41.8 Å². The van der Waals surface area contributed by atoms with Crippen molar-refractivity contribution in [3.63, 3.8) is 0 Å². The van der Waals surface area contributed by atoms with Gasteiger partial charge >= 0.3 is 0 Å². The number of hydrogen-bond acceptors (Lipinski definition) is 4. The molecule has 14 heavy (non-hydrogen) atoms. The minimum absolute atomic E-state index is 0.0953. The van der Waals surface area contributed by atoms with Crippen LogP contribution in [0.5, 0.6) is 0 Å². The summed E-state index contributed by atoms with van der Waals surface area (Å²) >= 11 is 0. The molecule has 1 aliphatic heterocycles. The zero-order valence-corrected chi connectivity index (χ0v) is 9.52. The van der Waals surface area contributed by atoms with Gasteiger partial charge in [-0.15, -0.1) is 0 Å². The maximum Gasteiger partial charge on any atom is 0.204 e. The quantitative estimate of drug-likeness (QED) is 0.484. The molecule has 0 radical (unpaired) electrons. The summed E-state index contributed by atoms with van der Waals surface area (Å²) in [4.78, 5) is 14.8. The van der Waals surface area contributed by atoms with Crippen molar-refractivity contribution in [2.24, 2.45) is 0 Å². The third-order valence-electron chi connectivity index (χ3n) is 2.86. The van der Waals surface area contributed by atoms with Crippen molar-refractivity contribution in [2.45, 2.75) is 12.3 Å². The van der Waals surface area contributed by atoms with E-state index in [1.165, 1.54) is 0 Å². The maximum absolute atomic E-state index is 10.9. The van der Waals surface area contributed by atoms with Gasteiger partial charge in [0.25, 0.3) is 0 Å². The van der Waals surface area contributed by atoms with Gasteiger partial charge in [-0.25, -0.2) is 9.80 Å². The van der Waals surface area contributed by atoms with Crippen LogP contribution < -0.4 is 5.11 Å². The van der Waals surface area contributed by atoms with E-state index in [0.717, 1.165) is 0 Å². The summed E-state index contributed by atoms with van der Waals surface area (Å²) in [5.41, 5.74) is 0. The first kappa shape index (κ1) is 11.4. The van der Waals surface area contributed by atoms with Gasteiger partial charge in [-0.2, -0.15) is 0 Å². The Kier molecular flexibility index (Phi) is 2.85. The fraction of sp³-hybridized carbons (Fsp3) is 0.889. The van der Waals surface area contributed by atoms with Crippen LogP contribution in [0.2, 0.25) is 0 Å². The van der Waals surface area contributed by atoms with Crippen LogP contribution in [-0.2, 0) is 4.79 Å². The zero-order valence-electron chi connectivity index (χ0n) is 9.52.